The molecule has 3 atom stereocenters. The summed E-state index contributed by atoms with van der Waals surface area (Å²) in [5.41, 5.74) is 0.906. The highest BCUT2D eigenvalue weighted by Crippen LogP contribution is 2.56. The Balaban J connectivity index is 1.42. The van der Waals surface area contributed by atoms with E-state index in [1.165, 1.54) is 4.31 Å². The summed E-state index contributed by atoms with van der Waals surface area (Å²) in [5.74, 6) is -0.468. The minimum absolute atomic E-state index is 0.178. The van der Waals surface area contributed by atoms with Gasteiger partial charge in [0.05, 0.1) is 17.5 Å². The van der Waals surface area contributed by atoms with E-state index in [-0.39, 0.29) is 42.3 Å². The van der Waals surface area contributed by atoms with Gasteiger partial charge in [0.25, 0.3) is 0 Å². The third kappa shape index (κ3) is 2.78. The van der Waals surface area contributed by atoms with Crippen molar-refractivity contribution in [3.63, 3.8) is 0 Å². The van der Waals surface area contributed by atoms with E-state index < -0.39 is 21.7 Å². The standard InChI is InChI=1S/C22H22N2O5S/c1-15-7-9-18(10-8-15)30(27,28)23-12-17-11-22(17,20(25)13-23)24-19(14-29-21(24)26)16-5-3-2-4-6-16/h2-10,17,19H,11-14H2,1H3/t17-,19-,22+/m0/s1. The molecule has 1 amide bonds. The van der Waals surface area contributed by atoms with Gasteiger partial charge in [-0.15, -0.1) is 0 Å². The average Bonchev–Trinajstić information content (AvgIpc) is 3.35. The second-order valence-electron chi connectivity index (χ2n) is 8.23. The lowest BCUT2D eigenvalue weighted by molar-refractivity contribution is -0.127. The van der Waals surface area contributed by atoms with Crippen molar-refractivity contribution in [3.05, 3.63) is 65.7 Å². The van der Waals surface area contributed by atoms with Gasteiger partial charge in [-0.1, -0.05) is 48.0 Å². The van der Waals surface area contributed by atoms with Gasteiger partial charge >= 0.3 is 6.09 Å². The number of sulfonamides is 1. The first-order valence-corrected chi connectivity index (χ1v) is 11.4. The van der Waals surface area contributed by atoms with Gasteiger partial charge < -0.3 is 4.74 Å². The Bertz CT molecular complexity index is 1120. The SMILES string of the molecule is Cc1ccc(S(=O)(=O)N2CC(=O)[C@@]3(N4C(=O)OC[C@H]4c4ccccc4)C[C@H]3C2)cc1. The predicted molar refractivity (Wildman–Crippen MR) is 108 cm³/mol. The Labute approximate surface area is 175 Å². The zero-order chi connectivity index (χ0) is 21.1. The van der Waals surface area contributed by atoms with Crippen molar-refractivity contribution in [1.82, 2.24) is 9.21 Å². The van der Waals surface area contributed by atoms with E-state index in [0.29, 0.717) is 6.42 Å². The maximum Gasteiger partial charge on any atom is 0.411 e. The molecule has 0 N–H and O–H groups in total. The van der Waals surface area contributed by atoms with Crippen LogP contribution >= 0.6 is 0 Å². The predicted octanol–water partition coefficient (Wildman–Crippen LogP) is 2.52. The summed E-state index contributed by atoms with van der Waals surface area (Å²) < 4.78 is 32.7. The summed E-state index contributed by atoms with van der Waals surface area (Å²) in [4.78, 5) is 27.6. The minimum Gasteiger partial charge on any atom is -0.447 e. The molecule has 156 valence electrons. The highest BCUT2D eigenvalue weighted by Gasteiger charge is 2.70. The summed E-state index contributed by atoms with van der Waals surface area (Å²) in [6, 6.07) is 15.8. The quantitative estimate of drug-likeness (QED) is 0.750. The van der Waals surface area contributed by atoms with Gasteiger partial charge in [0, 0.05) is 12.5 Å². The molecular formula is C22H22N2O5S. The Morgan fingerprint density at radius 3 is 2.40 bits per heavy atom. The lowest BCUT2D eigenvalue weighted by atomic mass is 9.98. The normalized spacial score (nSPS) is 28.9. The zero-order valence-electron chi connectivity index (χ0n) is 16.5. The van der Waals surface area contributed by atoms with Crippen molar-refractivity contribution in [1.29, 1.82) is 0 Å². The Morgan fingerprint density at radius 2 is 1.73 bits per heavy atom. The summed E-state index contributed by atoms with van der Waals surface area (Å²) in [6.45, 7) is 2.05. The van der Waals surface area contributed by atoms with Gasteiger partial charge in [-0.05, 0) is 31.0 Å². The Kier molecular flexibility index (Phi) is 4.27. The minimum atomic E-state index is -3.77. The molecule has 2 aromatic rings. The number of Topliss-reactive ketones (excluding diaryl/α,β-unsaturated/α-hetero) is 1. The van der Waals surface area contributed by atoms with E-state index in [1.807, 2.05) is 37.3 Å². The number of carbonyl (C=O) groups is 2. The molecule has 30 heavy (non-hydrogen) atoms. The van der Waals surface area contributed by atoms with E-state index in [1.54, 1.807) is 29.2 Å². The largest absolute Gasteiger partial charge is 0.447 e. The van der Waals surface area contributed by atoms with Gasteiger partial charge in [0.1, 0.15) is 12.1 Å². The first kappa shape index (κ1) is 19.3. The topological polar surface area (TPSA) is 84.0 Å². The number of ether oxygens (including phenoxy) is 1. The van der Waals surface area contributed by atoms with Crippen LogP contribution in [0.2, 0.25) is 0 Å². The maximum absolute atomic E-state index is 13.3. The lowest BCUT2D eigenvalue weighted by Gasteiger charge is -2.36. The lowest BCUT2D eigenvalue weighted by Crippen LogP contribution is -2.56. The van der Waals surface area contributed by atoms with Gasteiger partial charge in [0.15, 0.2) is 5.78 Å². The first-order chi connectivity index (χ1) is 14.3. The van der Waals surface area contributed by atoms with Gasteiger partial charge in [-0.25, -0.2) is 13.2 Å². The molecule has 8 heteroatoms. The van der Waals surface area contributed by atoms with E-state index in [2.05, 4.69) is 0 Å². The number of rotatable bonds is 4. The van der Waals surface area contributed by atoms with Crippen molar-refractivity contribution in [2.24, 2.45) is 5.92 Å². The highest BCUT2D eigenvalue weighted by molar-refractivity contribution is 7.89. The number of piperidine rings is 1. The maximum atomic E-state index is 13.3. The molecule has 0 aromatic heterocycles. The van der Waals surface area contributed by atoms with E-state index in [0.717, 1.165) is 11.1 Å². The van der Waals surface area contributed by atoms with E-state index >= 15 is 0 Å². The van der Waals surface area contributed by atoms with Crippen LogP contribution in [0.4, 0.5) is 4.79 Å². The van der Waals surface area contributed by atoms with Crippen LogP contribution in [0.25, 0.3) is 0 Å². The number of hydrogen-bond donors (Lipinski definition) is 0. The number of ketones is 1. The zero-order valence-corrected chi connectivity index (χ0v) is 17.3. The molecule has 0 radical (unpaired) electrons. The van der Waals surface area contributed by atoms with E-state index in [9.17, 15) is 18.0 Å². The fourth-order valence-electron chi connectivity index (χ4n) is 4.74. The molecule has 1 saturated carbocycles. The molecule has 0 spiro atoms. The van der Waals surface area contributed by atoms with Crippen LogP contribution in [0.5, 0.6) is 0 Å². The summed E-state index contributed by atoms with van der Waals surface area (Å²) in [5, 5.41) is 0. The highest BCUT2D eigenvalue weighted by atomic mass is 32.2. The fourth-order valence-corrected chi connectivity index (χ4v) is 6.18. The second kappa shape index (κ2) is 6.65. The molecular weight excluding hydrogens is 404 g/mol. The molecule has 0 unspecified atom stereocenters. The molecule has 5 rings (SSSR count). The average molecular weight is 426 g/mol. The monoisotopic (exact) mass is 426 g/mol. The van der Waals surface area contributed by atoms with Crippen LogP contribution in [0.1, 0.15) is 23.6 Å². The summed E-state index contributed by atoms with van der Waals surface area (Å²) >= 11 is 0. The van der Waals surface area contributed by atoms with Crippen molar-refractivity contribution < 1.29 is 22.7 Å². The number of hydrogen-bond acceptors (Lipinski definition) is 5. The number of nitrogens with zero attached hydrogens (tertiary/aromatic N) is 2. The van der Waals surface area contributed by atoms with Crippen molar-refractivity contribution >= 4 is 21.9 Å². The summed E-state index contributed by atoms with van der Waals surface area (Å²) in [7, 11) is -3.77. The number of fused-ring (bicyclic) bond motifs is 1. The van der Waals surface area contributed by atoms with Crippen LogP contribution in [-0.4, -0.2) is 54.7 Å². The van der Waals surface area contributed by atoms with Gasteiger partial charge in [0.2, 0.25) is 10.0 Å². The smallest absolute Gasteiger partial charge is 0.411 e. The molecule has 2 aliphatic heterocycles. The molecule has 2 saturated heterocycles. The molecule has 2 aromatic carbocycles. The third-order valence-corrected chi connectivity index (χ3v) is 8.27. The third-order valence-electron chi connectivity index (χ3n) is 6.45. The molecule has 0 bridgehead atoms. The van der Waals surface area contributed by atoms with Gasteiger partial charge in [-0.2, -0.15) is 4.31 Å². The Hall–Kier alpha value is -2.71. The second-order valence-corrected chi connectivity index (χ2v) is 10.2. The number of amides is 1. The number of aryl methyl sites for hydroxylation is 1. The number of benzene rings is 2. The van der Waals surface area contributed by atoms with Crippen LogP contribution in [0.15, 0.2) is 59.5 Å². The summed E-state index contributed by atoms with van der Waals surface area (Å²) in [6.07, 6.45) is -0.0426. The molecule has 7 nitrogen and oxygen atoms in total. The molecule has 1 aliphatic carbocycles. The van der Waals surface area contributed by atoms with Crippen LogP contribution in [-0.2, 0) is 19.6 Å². The molecule has 2 heterocycles. The number of carbonyl (C=O) groups excluding carboxylic acids is 2. The molecule has 3 aliphatic rings. The Morgan fingerprint density at radius 1 is 1.03 bits per heavy atom. The van der Waals surface area contributed by atoms with Crippen LogP contribution in [0, 0.1) is 12.8 Å². The first-order valence-electron chi connectivity index (χ1n) is 9.95. The number of cyclic esters (lactones) is 1. The molecule has 3 fully saturated rings. The van der Waals surface area contributed by atoms with Crippen molar-refractivity contribution in [3.8, 4) is 0 Å². The van der Waals surface area contributed by atoms with Crippen LogP contribution in [0.3, 0.4) is 0 Å². The van der Waals surface area contributed by atoms with Crippen molar-refractivity contribution in [2.45, 2.75) is 29.8 Å². The van der Waals surface area contributed by atoms with Crippen LogP contribution < -0.4 is 0 Å². The van der Waals surface area contributed by atoms with Crippen molar-refractivity contribution in [2.75, 3.05) is 19.7 Å². The fraction of sp³-hybridized carbons (Fsp3) is 0.364. The van der Waals surface area contributed by atoms with E-state index in [4.69, 9.17) is 4.74 Å². The van der Waals surface area contributed by atoms with Gasteiger partial charge in [-0.3, -0.25) is 9.69 Å².